The summed E-state index contributed by atoms with van der Waals surface area (Å²) in [5.74, 6) is 0.810. The first-order valence-corrected chi connectivity index (χ1v) is 8.54. The molecule has 2 unspecified atom stereocenters. The van der Waals surface area contributed by atoms with E-state index in [1.807, 2.05) is 38.1 Å². The second-order valence-electron chi connectivity index (χ2n) is 4.41. The quantitative estimate of drug-likeness (QED) is 0.861. The topological polar surface area (TPSA) is 39.7 Å². The molecule has 0 bridgehead atoms. The first-order valence-electron chi connectivity index (χ1n) is 5.90. The van der Waals surface area contributed by atoms with Gasteiger partial charge < -0.3 is 18.9 Å². The minimum absolute atomic E-state index is 0.130. The molecular formula is C12H18NO3PS. The number of benzene rings is 1. The molecule has 0 spiro atoms. The van der Waals surface area contributed by atoms with Crippen LogP contribution in [0.15, 0.2) is 24.3 Å². The summed E-state index contributed by atoms with van der Waals surface area (Å²) in [6.07, 6.45) is 1.14. The molecule has 0 saturated carbocycles. The van der Waals surface area contributed by atoms with Crippen LogP contribution >= 0.6 is 6.64 Å². The highest BCUT2D eigenvalue weighted by Gasteiger charge is 2.31. The van der Waals surface area contributed by atoms with Crippen molar-refractivity contribution in [1.29, 1.82) is 0 Å². The number of hydrogen-bond donors (Lipinski definition) is 1. The monoisotopic (exact) mass is 287 g/mol. The Bertz CT molecular complexity index is 437. The van der Waals surface area contributed by atoms with Gasteiger partial charge >= 0.3 is 0 Å². The van der Waals surface area contributed by atoms with E-state index in [4.69, 9.17) is 25.6 Å². The predicted molar refractivity (Wildman–Crippen MR) is 76.6 cm³/mol. The maximum Gasteiger partial charge on any atom is 0.288 e. The van der Waals surface area contributed by atoms with Crippen LogP contribution in [0.2, 0.25) is 0 Å². The first kappa shape index (κ1) is 13.8. The highest BCUT2D eigenvalue weighted by molar-refractivity contribution is 8.10. The fraction of sp³-hybridized carbons (Fsp3) is 0.500. The molecule has 1 aromatic rings. The van der Waals surface area contributed by atoms with Gasteiger partial charge in [0.15, 0.2) is 0 Å². The average molecular weight is 287 g/mol. The van der Waals surface area contributed by atoms with Crippen LogP contribution in [0, 0.1) is 0 Å². The molecule has 1 saturated heterocycles. The van der Waals surface area contributed by atoms with E-state index in [1.54, 1.807) is 7.11 Å². The lowest BCUT2D eigenvalue weighted by Crippen LogP contribution is -2.26. The molecule has 2 rings (SSSR count). The maximum absolute atomic E-state index is 5.77. The Kier molecular flexibility index (Phi) is 4.28. The lowest BCUT2D eigenvalue weighted by Gasteiger charge is -2.35. The van der Waals surface area contributed by atoms with Crippen molar-refractivity contribution >= 4 is 24.1 Å². The predicted octanol–water partition coefficient (Wildman–Crippen LogP) is 3.55. The molecule has 18 heavy (non-hydrogen) atoms. The van der Waals surface area contributed by atoms with Crippen molar-refractivity contribution < 1.29 is 13.8 Å². The summed E-state index contributed by atoms with van der Waals surface area (Å²) in [5, 5.41) is 3.20. The highest BCUT2D eigenvalue weighted by Crippen LogP contribution is 2.54. The molecule has 0 aliphatic carbocycles. The van der Waals surface area contributed by atoms with E-state index in [1.165, 1.54) is 0 Å². The van der Waals surface area contributed by atoms with Crippen molar-refractivity contribution in [1.82, 2.24) is 0 Å². The van der Waals surface area contributed by atoms with Crippen LogP contribution in [-0.4, -0.2) is 19.3 Å². The standard InChI is InChI=1S/C12H18NO3PS/c1-9-8-10(2)16-17(18,15-9)13-11-4-6-12(14-3)7-5-11/h4-7,9-10H,8H2,1-3H3,(H,13,18). The van der Waals surface area contributed by atoms with Crippen molar-refractivity contribution in [2.45, 2.75) is 32.5 Å². The second kappa shape index (κ2) is 5.57. The largest absolute Gasteiger partial charge is 0.497 e. The third-order valence-corrected chi connectivity index (χ3v) is 5.25. The lowest BCUT2D eigenvalue weighted by molar-refractivity contribution is 0.0728. The molecule has 0 amide bonds. The molecule has 1 fully saturated rings. The Morgan fingerprint density at radius 1 is 1.22 bits per heavy atom. The Balaban J connectivity index is 2.09. The molecule has 2 atom stereocenters. The zero-order chi connectivity index (χ0) is 13.2. The van der Waals surface area contributed by atoms with Crippen LogP contribution in [-0.2, 0) is 20.9 Å². The van der Waals surface area contributed by atoms with Crippen LogP contribution in [0.25, 0.3) is 0 Å². The number of ether oxygens (including phenoxy) is 1. The van der Waals surface area contributed by atoms with Crippen LogP contribution in [0.4, 0.5) is 5.69 Å². The first-order chi connectivity index (χ1) is 8.50. The van der Waals surface area contributed by atoms with Crippen molar-refractivity contribution in [3.8, 4) is 5.75 Å². The summed E-state index contributed by atoms with van der Waals surface area (Å²) < 4.78 is 16.6. The molecule has 1 aliphatic heterocycles. The molecule has 4 nitrogen and oxygen atoms in total. The van der Waals surface area contributed by atoms with Gasteiger partial charge in [0.05, 0.1) is 19.3 Å². The highest BCUT2D eigenvalue weighted by atomic mass is 32.5. The molecule has 1 N–H and O–H groups in total. The number of rotatable bonds is 3. The zero-order valence-electron chi connectivity index (χ0n) is 10.8. The van der Waals surface area contributed by atoms with Crippen LogP contribution < -0.4 is 9.82 Å². The number of nitrogens with one attached hydrogen (secondary N) is 1. The molecule has 0 aromatic heterocycles. The van der Waals surface area contributed by atoms with E-state index in [2.05, 4.69) is 5.09 Å². The van der Waals surface area contributed by atoms with Gasteiger partial charge in [0, 0.05) is 12.1 Å². The fourth-order valence-corrected chi connectivity index (χ4v) is 4.87. The Labute approximate surface area is 113 Å². The van der Waals surface area contributed by atoms with Gasteiger partial charge in [-0.25, -0.2) is 0 Å². The van der Waals surface area contributed by atoms with E-state index in [0.717, 1.165) is 17.9 Å². The zero-order valence-corrected chi connectivity index (χ0v) is 12.5. The van der Waals surface area contributed by atoms with Crippen molar-refractivity contribution in [2.24, 2.45) is 0 Å². The van der Waals surface area contributed by atoms with Gasteiger partial charge in [-0.1, -0.05) is 0 Å². The van der Waals surface area contributed by atoms with Crippen LogP contribution in [0.5, 0.6) is 5.75 Å². The molecule has 0 radical (unpaired) electrons. The normalized spacial score (nSPS) is 31.9. The third kappa shape index (κ3) is 3.45. The fourth-order valence-electron chi connectivity index (χ4n) is 1.93. The SMILES string of the molecule is COc1ccc(NP2(=S)OC(C)CC(C)O2)cc1. The van der Waals surface area contributed by atoms with Gasteiger partial charge in [0.1, 0.15) is 5.75 Å². The molecule has 1 aliphatic rings. The summed E-state index contributed by atoms with van der Waals surface area (Å²) in [6, 6.07) is 7.56. The summed E-state index contributed by atoms with van der Waals surface area (Å²) in [5.41, 5.74) is 0.889. The summed E-state index contributed by atoms with van der Waals surface area (Å²) in [6.45, 7) is 1.62. The Morgan fingerprint density at radius 2 is 1.78 bits per heavy atom. The second-order valence-corrected chi connectivity index (χ2v) is 7.49. The van der Waals surface area contributed by atoms with Gasteiger partial charge in [-0.3, -0.25) is 0 Å². The summed E-state index contributed by atoms with van der Waals surface area (Å²) in [7, 11) is 1.64. The Morgan fingerprint density at radius 3 is 2.28 bits per heavy atom. The third-order valence-electron chi connectivity index (χ3n) is 2.66. The van der Waals surface area contributed by atoms with Gasteiger partial charge in [-0.2, -0.15) is 0 Å². The van der Waals surface area contributed by atoms with Crippen molar-refractivity contribution in [3.05, 3.63) is 24.3 Å². The van der Waals surface area contributed by atoms with Crippen molar-refractivity contribution in [2.75, 3.05) is 12.2 Å². The minimum Gasteiger partial charge on any atom is -0.497 e. The number of hydrogen-bond acceptors (Lipinski definition) is 4. The summed E-state index contributed by atoms with van der Waals surface area (Å²) >= 11 is 5.48. The van der Waals surface area contributed by atoms with E-state index in [-0.39, 0.29) is 12.2 Å². The molecule has 100 valence electrons. The molecular weight excluding hydrogens is 269 g/mol. The minimum atomic E-state index is -2.43. The van der Waals surface area contributed by atoms with Gasteiger partial charge in [0.2, 0.25) is 0 Å². The lowest BCUT2D eigenvalue weighted by atomic mass is 10.2. The Hall–Kier alpha value is -0.610. The average Bonchev–Trinajstić information content (AvgIpc) is 2.27. The molecule has 1 aromatic carbocycles. The van der Waals surface area contributed by atoms with E-state index in [0.29, 0.717) is 0 Å². The van der Waals surface area contributed by atoms with E-state index >= 15 is 0 Å². The van der Waals surface area contributed by atoms with Gasteiger partial charge in [0.25, 0.3) is 6.64 Å². The smallest absolute Gasteiger partial charge is 0.288 e. The van der Waals surface area contributed by atoms with Crippen LogP contribution in [0.1, 0.15) is 20.3 Å². The van der Waals surface area contributed by atoms with E-state index < -0.39 is 6.64 Å². The maximum atomic E-state index is 5.77. The number of anilines is 1. The van der Waals surface area contributed by atoms with Gasteiger partial charge in [-0.05, 0) is 49.9 Å². The summed E-state index contributed by atoms with van der Waals surface area (Å²) in [4.78, 5) is 0. The molecule has 6 heteroatoms. The molecule has 1 heterocycles. The van der Waals surface area contributed by atoms with Crippen LogP contribution in [0.3, 0.4) is 0 Å². The number of methoxy groups -OCH3 is 1. The van der Waals surface area contributed by atoms with Crippen molar-refractivity contribution in [3.63, 3.8) is 0 Å². The van der Waals surface area contributed by atoms with E-state index in [9.17, 15) is 0 Å². The van der Waals surface area contributed by atoms with Gasteiger partial charge in [-0.15, -0.1) is 0 Å².